The maximum Gasteiger partial charge on any atom is 0.296 e. The minimum atomic E-state index is -0.616. The van der Waals surface area contributed by atoms with Gasteiger partial charge in [-0.2, -0.15) is 0 Å². The van der Waals surface area contributed by atoms with E-state index in [1.54, 1.807) is 0 Å². The number of rotatable bonds is 5. The van der Waals surface area contributed by atoms with Gasteiger partial charge in [0.2, 0.25) is 0 Å². The van der Waals surface area contributed by atoms with Crippen LogP contribution in [0.3, 0.4) is 0 Å². The van der Waals surface area contributed by atoms with Gasteiger partial charge in [-0.3, -0.25) is 14.9 Å². The fraction of sp³-hybridized carbons (Fsp3) is 0.133. The van der Waals surface area contributed by atoms with Gasteiger partial charge in [-0.1, -0.05) is 0 Å². The van der Waals surface area contributed by atoms with Crippen LogP contribution in [0, 0.1) is 10.1 Å². The molecule has 0 fully saturated rings. The van der Waals surface area contributed by atoms with E-state index in [-0.39, 0.29) is 28.4 Å². The minimum Gasteiger partial charge on any atom is -0.504 e. The van der Waals surface area contributed by atoms with Crippen molar-refractivity contribution in [2.75, 3.05) is 19.5 Å². The number of hydrogen-bond acceptors (Lipinski definition) is 6. The van der Waals surface area contributed by atoms with Gasteiger partial charge >= 0.3 is 0 Å². The molecule has 120 valence electrons. The Morgan fingerprint density at radius 1 is 1.17 bits per heavy atom. The fourth-order valence-electron chi connectivity index (χ4n) is 1.91. The van der Waals surface area contributed by atoms with Crippen molar-refractivity contribution in [3.63, 3.8) is 0 Å². The number of hydrogen-bond donors (Lipinski definition) is 2. The van der Waals surface area contributed by atoms with Crippen molar-refractivity contribution in [1.82, 2.24) is 0 Å². The molecule has 0 aliphatic heterocycles. The van der Waals surface area contributed by atoms with E-state index in [0.29, 0.717) is 5.75 Å². The average molecular weight is 318 g/mol. The van der Waals surface area contributed by atoms with Gasteiger partial charge in [0.05, 0.1) is 25.2 Å². The monoisotopic (exact) mass is 318 g/mol. The first-order valence-electron chi connectivity index (χ1n) is 6.47. The Balaban J connectivity index is 2.31. The summed E-state index contributed by atoms with van der Waals surface area (Å²) in [6.07, 6.45) is 0. The molecule has 0 radical (unpaired) electrons. The smallest absolute Gasteiger partial charge is 0.296 e. The third kappa shape index (κ3) is 3.49. The van der Waals surface area contributed by atoms with Crippen molar-refractivity contribution in [2.45, 2.75) is 0 Å². The molecule has 2 aromatic rings. The lowest BCUT2D eigenvalue weighted by Gasteiger charge is -2.09. The Morgan fingerprint density at radius 2 is 1.91 bits per heavy atom. The number of methoxy groups -OCH3 is 2. The number of ether oxygens (including phenoxy) is 2. The molecule has 0 heterocycles. The lowest BCUT2D eigenvalue weighted by Crippen LogP contribution is -2.13. The molecule has 2 aromatic carbocycles. The van der Waals surface area contributed by atoms with Crippen molar-refractivity contribution in [3.8, 4) is 17.2 Å². The van der Waals surface area contributed by atoms with Crippen LogP contribution in [0.25, 0.3) is 0 Å². The molecule has 0 spiro atoms. The maximum absolute atomic E-state index is 12.2. The zero-order valence-electron chi connectivity index (χ0n) is 12.4. The predicted molar refractivity (Wildman–Crippen MR) is 82.3 cm³/mol. The number of phenolic OH excluding ortho intramolecular Hbond substituents is 1. The Bertz CT molecular complexity index is 760. The molecule has 0 aliphatic carbocycles. The van der Waals surface area contributed by atoms with E-state index in [2.05, 4.69) is 5.32 Å². The van der Waals surface area contributed by atoms with Crippen LogP contribution in [0.2, 0.25) is 0 Å². The number of amides is 1. The Morgan fingerprint density at radius 3 is 2.52 bits per heavy atom. The average Bonchev–Trinajstić information content (AvgIpc) is 2.55. The molecule has 8 nitrogen and oxygen atoms in total. The molecule has 23 heavy (non-hydrogen) atoms. The van der Waals surface area contributed by atoms with Crippen LogP contribution in [0.1, 0.15) is 10.4 Å². The lowest BCUT2D eigenvalue weighted by molar-refractivity contribution is -0.384. The first kappa shape index (κ1) is 16.1. The quantitative estimate of drug-likeness (QED) is 0.647. The number of phenols is 1. The summed E-state index contributed by atoms with van der Waals surface area (Å²) in [5.74, 6) is -0.251. The zero-order valence-corrected chi connectivity index (χ0v) is 12.4. The standard InChI is InChI=1S/C15H14N2O6/c1-22-10-4-5-11(12(8-10)17(20)21)16-15(19)9-3-6-13(18)14(7-9)23-2/h3-8,18H,1-2H3,(H,16,19). The van der Waals surface area contributed by atoms with Crippen molar-refractivity contribution in [1.29, 1.82) is 0 Å². The summed E-state index contributed by atoms with van der Waals surface area (Å²) >= 11 is 0. The van der Waals surface area contributed by atoms with Gasteiger partial charge in [0.1, 0.15) is 11.4 Å². The highest BCUT2D eigenvalue weighted by Crippen LogP contribution is 2.30. The van der Waals surface area contributed by atoms with E-state index < -0.39 is 10.8 Å². The molecule has 0 aliphatic rings. The van der Waals surface area contributed by atoms with E-state index in [9.17, 15) is 20.0 Å². The highest BCUT2D eigenvalue weighted by molar-refractivity contribution is 6.05. The largest absolute Gasteiger partial charge is 0.504 e. The Kier molecular flexibility index (Phi) is 4.65. The number of carbonyl (C=O) groups excluding carboxylic acids is 1. The summed E-state index contributed by atoms with van der Waals surface area (Å²) in [7, 11) is 2.74. The summed E-state index contributed by atoms with van der Waals surface area (Å²) < 4.78 is 9.86. The normalized spacial score (nSPS) is 10.0. The SMILES string of the molecule is COc1ccc(NC(=O)c2ccc(O)c(OC)c2)c([N+](=O)[O-])c1. The van der Waals surface area contributed by atoms with Crippen molar-refractivity contribution >= 4 is 17.3 Å². The lowest BCUT2D eigenvalue weighted by atomic mass is 10.1. The Labute approximate surface area is 131 Å². The van der Waals surface area contributed by atoms with Crippen LogP contribution in [0.4, 0.5) is 11.4 Å². The molecular formula is C15H14N2O6. The third-order valence-electron chi connectivity index (χ3n) is 3.09. The van der Waals surface area contributed by atoms with E-state index in [1.807, 2.05) is 0 Å². The third-order valence-corrected chi connectivity index (χ3v) is 3.09. The number of aromatic hydroxyl groups is 1. The van der Waals surface area contributed by atoms with Gasteiger partial charge in [0.15, 0.2) is 11.5 Å². The number of nitrogens with one attached hydrogen (secondary N) is 1. The van der Waals surface area contributed by atoms with Crippen molar-refractivity contribution in [3.05, 3.63) is 52.1 Å². The minimum absolute atomic E-state index is 0.0350. The van der Waals surface area contributed by atoms with E-state index in [4.69, 9.17) is 9.47 Å². The van der Waals surface area contributed by atoms with Crippen LogP contribution >= 0.6 is 0 Å². The Hall–Kier alpha value is -3.29. The molecule has 0 unspecified atom stereocenters. The summed E-state index contributed by atoms with van der Waals surface area (Å²) in [5.41, 5.74) is -0.0685. The van der Waals surface area contributed by atoms with Crippen LogP contribution in [-0.2, 0) is 0 Å². The maximum atomic E-state index is 12.2. The van der Waals surface area contributed by atoms with E-state index in [0.717, 1.165) is 0 Å². The van der Waals surface area contributed by atoms with Crippen LogP contribution in [-0.4, -0.2) is 30.2 Å². The molecular weight excluding hydrogens is 304 g/mol. The van der Waals surface area contributed by atoms with Gasteiger partial charge in [0.25, 0.3) is 11.6 Å². The number of carbonyl (C=O) groups is 1. The van der Waals surface area contributed by atoms with Crippen molar-refractivity contribution in [2.24, 2.45) is 0 Å². The van der Waals surface area contributed by atoms with Crippen LogP contribution in [0.5, 0.6) is 17.2 Å². The number of nitro groups is 1. The van der Waals surface area contributed by atoms with E-state index in [1.165, 1.54) is 50.6 Å². The molecule has 0 aromatic heterocycles. The summed E-state index contributed by atoms with van der Waals surface area (Å²) in [6.45, 7) is 0. The topological polar surface area (TPSA) is 111 Å². The van der Waals surface area contributed by atoms with Crippen LogP contribution < -0.4 is 14.8 Å². The van der Waals surface area contributed by atoms with E-state index >= 15 is 0 Å². The van der Waals surface area contributed by atoms with Gasteiger partial charge in [-0.15, -0.1) is 0 Å². The molecule has 1 amide bonds. The predicted octanol–water partition coefficient (Wildman–Crippen LogP) is 2.57. The van der Waals surface area contributed by atoms with Gasteiger partial charge in [-0.25, -0.2) is 0 Å². The second kappa shape index (κ2) is 6.65. The molecule has 2 rings (SSSR count). The summed E-state index contributed by atoms with van der Waals surface area (Å²) in [4.78, 5) is 22.7. The number of nitrogens with zero attached hydrogens (tertiary/aromatic N) is 1. The molecule has 0 saturated heterocycles. The van der Waals surface area contributed by atoms with Gasteiger partial charge in [0, 0.05) is 5.56 Å². The summed E-state index contributed by atoms with van der Waals surface area (Å²) in [6, 6.07) is 8.11. The molecule has 8 heteroatoms. The number of anilines is 1. The second-order valence-electron chi connectivity index (χ2n) is 4.48. The van der Waals surface area contributed by atoms with Gasteiger partial charge in [-0.05, 0) is 30.3 Å². The molecule has 0 bridgehead atoms. The van der Waals surface area contributed by atoms with Crippen molar-refractivity contribution < 1.29 is 24.3 Å². The first-order valence-corrected chi connectivity index (χ1v) is 6.47. The number of nitro benzene ring substituents is 1. The second-order valence-corrected chi connectivity index (χ2v) is 4.48. The molecule has 0 saturated carbocycles. The molecule has 2 N–H and O–H groups in total. The molecule has 0 atom stereocenters. The highest BCUT2D eigenvalue weighted by Gasteiger charge is 2.18. The van der Waals surface area contributed by atoms with Gasteiger partial charge < -0.3 is 19.9 Å². The first-order chi connectivity index (χ1) is 11.0. The summed E-state index contributed by atoms with van der Waals surface area (Å²) in [5, 5.41) is 23.1. The zero-order chi connectivity index (χ0) is 17.0. The fourth-order valence-corrected chi connectivity index (χ4v) is 1.91. The highest BCUT2D eigenvalue weighted by atomic mass is 16.6. The van der Waals surface area contributed by atoms with Crippen LogP contribution in [0.15, 0.2) is 36.4 Å². The number of benzene rings is 2.